The molecule has 0 bridgehead atoms. The van der Waals surface area contributed by atoms with E-state index in [1.165, 1.54) is 0 Å². The quantitative estimate of drug-likeness (QED) is 0.576. The number of hydrogen-bond donors (Lipinski definition) is 1. The van der Waals surface area contributed by atoms with Crippen molar-refractivity contribution in [3.05, 3.63) is 29.8 Å². The summed E-state index contributed by atoms with van der Waals surface area (Å²) < 4.78 is 4.89. The first-order valence-electron chi connectivity index (χ1n) is 6.73. The number of hydrogen-bond acceptors (Lipinski definition) is 5. The molecule has 5 nitrogen and oxygen atoms in total. The molecule has 5 heteroatoms. The number of rotatable bonds is 8. The Morgan fingerprint density at radius 1 is 1.25 bits per heavy atom. The second kappa shape index (κ2) is 8.32. The minimum Gasteiger partial charge on any atom is -0.466 e. The van der Waals surface area contributed by atoms with E-state index in [9.17, 15) is 9.59 Å². The monoisotopic (exact) mass is 278 g/mol. The molecule has 0 heterocycles. The summed E-state index contributed by atoms with van der Waals surface area (Å²) in [6.07, 6.45) is 0.352. The smallest absolute Gasteiger partial charge is 0.307 e. The van der Waals surface area contributed by atoms with Crippen molar-refractivity contribution in [2.45, 2.75) is 13.3 Å². The Morgan fingerprint density at radius 2 is 1.90 bits per heavy atom. The molecule has 0 aromatic heterocycles. The number of benzene rings is 1. The number of likely N-dealkylation sites (N-methyl/N-ethyl adjacent to an activating group) is 1. The van der Waals surface area contributed by atoms with Gasteiger partial charge in [0, 0.05) is 24.8 Å². The maximum absolute atomic E-state index is 11.7. The predicted molar refractivity (Wildman–Crippen MR) is 79.2 cm³/mol. The first kappa shape index (κ1) is 16.2. The normalized spacial score (nSPS) is 10.2. The lowest BCUT2D eigenvalue weighted by molar-refractivity contribution is -0.142. The van der Waals surface area contributed by atoms with Gasteiger partial charge in [0.2, 0.25) is 0 Å². The number of ether oxygens (including phenoxy) is 1. The summed E-state index contributed by atoms with van der Waals surface area (Å²) in [5, 5.41) is 2.84. The Kier molecular flexibility index (Phi) is 6.73. The van der Waals surface area contributed by atoms with Gasteiger partial charge >= 0.3 is 5.97 Å². The van der Waals surface area contributed by atoms with Gasteiger partial charge in [0.25, 0.3) is 0 Å². The predicted octanol–water partition coefficient (Wildman–Crippen LogP) is 1.48. The van der Waals surface area contributed by atoms with Gasteiger partial charge in [0.1, 0.15) is 0 Å². The van der Waals surface area contributed by atoms with Crippen LogP contribution >= 0.6 is 0 Å². The molecular formula is C15H22N2O3. The molecule has 0 saturated carbocycles. The Bertz CT molecular complexity index is 443. The van der Waals surface area contributed by atoms with Gasteiger partial charge in [0.15, 0.2) is 5.78 Å². The number of nitrogens with one attached hydrogen (secondary N) is 1. The van der Waals surface area contributed by atoms with Gasteiger partial charge in [-0.3, -0.25) is 9.59 Å². The zero-order valence-electron chi connectivity index (χ0n) is 12.3. The van der Waals surface area contributed by atoms with Crippen LogP contribution in [0.4, 0.5) is 5.69 Å². The summed E-state index contributed by atoms with van der Waals surface area (Å²) in [5.74, 6) is -0.131. The zero-order chi connectivity index (χ0) is 15.0. The first-order valence-corrected chi connectivity index (χ1v) is 6.73. The van der Waals surface area contributed by atoms with Crippen molar-refractivity contribution in [2.75, 3.05) is 38.7 Å². The van der Waals surface area contributed by atoms with Gasteiger partial charge in [0.05, 0.1) is 19.6 Å². The summed E-state index contributed by atoms with van der Waals surface area (Å²) >= 11 is 0. The van der Waals surface area contributed by atoms with E-state index < -0.39 is 0 Å². The largest absolute Gasteiger partial charge is 0.466 e. The molecule has 0 unspecified atom stereocenters. The highest BCUT2D eigenvalue weighted by molar-refractivity contribution is 5.97. The fourth-order valence-corrected chi connectivity index (χ4v) is 1.79. The van der Waals surface area contributed by atoms with Gasteiger partial charge in [-0.15, -0.1) is 0 Å². The maximum Gasteiger partial charge on any atom is 0.307 e. The minimum atomic E-state index is -0.194. The molecule has 0 amide bonds. The number of carbonyl (C=O) groups excluding carboxylic acids is 2. The molecule has 1 aromatic rings. The highest BCUT2D eigenvalue weighted by atomic mass is 16.5. The van der Waals surface area contributed by atoms with Crippen LogP contribution in [-0.4, -0.2) is 45.5 Å². The van der Waals surface area contributed by atoms with Crippen molar-refractivity contribution in [3.8, 4) is 0 Å². The third kappa shape index (κ3) is 5.01. The van der Waals surface area contributed by atoms with Crippen molar-refractivity contribution in [1.29, 1.82) is 0 Å². The first-order chi connectivity index (χ1) is 9.58. The SMILES string of the molecule is CCOC(=O)CCN(C)c1ccc(C(=O)CNC)cc1. The molecule has 0 saturated heterocycles. The summed E-state index contributed by atoms with van der Waals surface area (Å²) in [6.45, 7) is 3.12. The lowest BCUT2D eigenvalue weighted by Gasteiger charge is -2.19. The number of anilines is 1. The minimum absolute atomic E-state index is 0.0632. The Balaban J connectivity index is 2.55. The second-order valence-electron chi connectivity index (χ2n) is 4.48. The highest BCUT2D eigenvalue weighted by Crippen LogP contribution is 2.14. The molecule has 0 aliphatic heterocycles. The molecule has 20 heavy (non-hydrogen) atoms. The van der Waals surface area contributed by atoms with Crippen molar-refractivity contribution in [3.63, 3.8) is 0 Å². The van der Waals surface area contributed by atoms with Crippen LogP contribution in [0.1, 0.15) is 23.7 Å². The molecule has 0 spiro atoms. The average molecular weight is 278 g/mol. The van der Waals surface area contributed by atoms with Crippen molar-refractivity contribution >= 4 is 17.4 Å². The van der Waals surface area contributed by atoms with Crippen molar-refractivity contribution in [2.24, 2.45) is 0 Å². The Labute approximate surface area is 119 Å². The number of nitrogens with zero attached hydrogens (tertiary/aromatic N) is 1. The van der Waals surface area contributed by atoms with Gasteiger partial charge in [-0.1, -0.05) is 0 Å². The van der Waals surface area contributed by atoms with Crippen LogP contribution in [0, 0.1) is 0 Å². The van der Waals surface area contributed by atoms with Crippen LogP contribution in [0.2, 0.25) is 0 Å². The van der Waals surface area contributed by atoms with E-state index in [-0.39, 0.29) is 11.8 Å². The number of carbonyl (C=O) groups is 2. The Morgan fingerprint density at radius 3 is 2.45 bits per heavy atom. The molecule has 0 atom stereocenters. The van der Waals surface area contributed by atoms with Crippen LogP contribution in [0.25, 0.3) is 0 Å². The summed E-state index contributed by atoms with van der Waals surface area (Å²) in [5.41, 5.74) is 1.65. The van der Waals surface area contributed by atoms with Crippen molar-refractivity contribution < 1.29 is 14.3 Å². The van der Waals surface area contributed by atoms with Gasteiger partial charge in [-0.2, -0.15) is 0 Å². The number of esters is 1. The molecular weight excluding hydrogens is 256 g/mol. The molecule has 110 valence electrons. The van der Waals surface area contributed by atoms with E-state index in [0.29, 0.717) is 31.7 Å². The standard InChI is InChI=1S/C15H22N2O3/c1-4-20-15(19)9-10-17(3)13-7-5-12(6-8-13)14(18)11-16-2/h5-8,16H,4,9-11H2,1-3H3. The van der Waals surface area contributed by atoms with E-state index >= 15 is 0 Å². The lowest BCUT2D eigenvalue weighted by Crippen LogP contribution is -2.22. The molecule has 1 aromatic carbocycles. The van der Waals surface area contributed by atoms with Crippen LogP contribution in [-0.2, 0) is 9.53 Å². The molecule has 0 fully saturated rings. The molecule has 0 radical (unpaired) electrons. The molecule has 1 N–H and O–H groups in total. The van der Waals surface area contributed by atoms with E-state index in [2.05, 4.69) is 5.32 Å². The number of ketones is 1. The topological polar surface area (TPSA) is 58.6 Å². The van der Waals surface area contributed by atoms with Gasteiger partial charge in [-0.25, -0.2) is 0 Å². The fourth-order valence-electron chi connectivity index (χ4n) is 1.79. The highest BCUT2D eigenvalue weighted by Gasteiger charge is 2.08. The Hall–Kier alpha value is -1.88. The van der Waals surface area contributed by atoms with Gasteiger partial charge in [-0.05, 0) is 38.2 Å². The zero-order valence-corrected chi connectivity index (χ0v) is 12.3. The fraction of sp³-hybridized carbons (Fsp3) is 0.467. The number of Topliss-reactive ketones (excluding diaryl/α,β-unsaturated/α-hetero) is 1. The molecule has 0 aliphatic rings. The van der Waals surface area contributed by atoms with Crippen molar-refractivity contribution in [1.82, 2.24) is 5.32 Å². The average Bonchev–Trinajstić information content (AvgIpc) is 2.45. The molecule has 0 aliphatic carbocycles. The lowest BCUT2D eigenvalue weighted by atomic mass is 10.1. The molecule has 1 rings (SSSR count). The van der Waals surface area contributed by atoms with Gasteiger partial charge < -0.3 is 15.0 Å². The van der Waals surface area contributed by atoms with Crippen LogP contribution in [0.5, 0.6) is 0 Å². The second-order valence-corrected chi connectivity index (χ2v) is 4.48. The third-order valence-corrected chi connectivity index (χ3v) is 2.92. The third-order valence-electron chi connectivity index (χ3n) is 2.92. The van der Waals surface area contributed by atoms with E-state index in [1.807, 2.05) is 24.1 Å². The van der Waals surface area contributed by atoms with Crippen LogP contribution in [0.15, 0.2) is 24.3 Å². The van der Waals surface area contributed by atoms with Crippen LogP contribution < -0.4 is 10.2 Å². The summed E-state index contributed by atoms with van der Waals surface area (Å²) in [4.78, 5) is 24.9. The maximum atomic E-state index is 11.7. The summed E-state index contributed by atoms with van der Waals surface area (Å²) in [6, 6.07) is 7.37. The van der Waals surface area contributed by atoms with E-state index in [0.717, 1.165) is 5.69 Å². The van der Waals surface area contributed by atoms with E-state index in [4.69, 9.17) is 4.74 Å². The van der Waals surface area contributed by atoms with E-state index in [1.54, 1.807) is 26.1 Å². The summed E-state index contributed by atoms with van der Waals surface area (Å²) in [7, 11) is 3.65. The van der Waals surface area contributed by atoms with Crippen LogP contribution in [0.3, 0.4) is 0 Å².